The van der Waals surface area contributed by atoms with Gasteiger partial charge in [0.1, 0.15) is 5.75 Å². The van der Waals surface area contributed by atoms with E-state index >= 15 is 0 Å². The Hall–Kier alpha value is -1.55. The highest BCUT2D eigenvalue weighted by Gasteiger charge is 2.21. The average molecular weight is 262 g/mol. The van der Waals surface area contributed by atoms with Crippen LogP contribution in [0.2, 0.25) is 0 Å². The third-order valence-electron chi connectivity index (χ3n) is 3.88. The molecule has 1 saturated heterocycles. The topological polar surface area (TPSA) is 61.4 Å². The molecule has 4 heteroatoms. The first-order valence-electron chi connectivity index (χ1n) is 6.89. The number of benzene rings is 1. The third kappa shape index (κ3) is 3.47. The zero-order chi connectivity index (χ0) is 13.8. The van der Waals surface area contributed by atoms with Crippen molar-refractivity contribution in [1.29, 1.82) is 0 Å². The van der Waals surface area contributed by atoms with Crippen LogP contribution in [0.3, 0.4) is 0 Å². The van der Waals surface area contributed by atoms with Gasteiger partial charge in [0.2, 0.25) is 0 Å². The van der Waals surface area contributed by atoms with Crippen LogP contribution in [-0.2, 0) is 0 Å². The van der Waals surface area contributed by atoms with Crippen LogP contribution in [0.25, 0.3) is 0 Å². The van der Waals surface area contributed by atoms with Crippen LogP contribution in [-0.4, -0.2) is 30.1 Å². The van der Waals surface area contributed by atoms with Crippen LogP contribution >= 0.6 is 0 Å². The number of aromatic hydroxyl groups is 1. The molecule has 2 rings (SSSR count). The lowest BCUT2D eigenvalue weighted by atomic mass is 9.93. The van der Waals surface area contributed by atoms with Crippen LogP contribution in [0.15, 0.2) is 18.2 Å². The second-order valence-corrected chi connectivity index (χ2v) is 5.39. The third-order valence-corrected chi connectivity index (χ3v) is 3.88. The minimum atomic E-state index is -0.130. The molecule has 4 nitrogen and oxygen atoms in total. The fourth-order valence-electron chi connectivity index (χ4n) is 2.44. The van der Waals surface area contributed by atoms with E-state index in [9.17, 15) is 9.90 Å². The molecular weight excluding hydrogens is 240 g/mol. The van der Waals surface area contributed by atoms with Crippen LogP contribution in [0.4, 0.5) is 0 Å². The molecule has 0 aromatic heterocycles. The number of carbonyl (C=O) groups excluding carboxylic acids is 1. The summed E-state index contributed by atoms with van der Waals surface area (Å²) in [5.74, 6) is 0.618. The summed E-state index contributed by atoms with van der Waals surface area (Å²) >= 11 is 0. The molecule has 2 atom stereocenters. The first-order valence-corrected chi connectivity index (χ1v) is 6.89. The Morgan fingerprint density at radius 2 is 2.32 bits per heavy atom. The van der Waals surface area contributed by atoms with E-state index in [1.165, 1.54) is 18.9 Å². The van der Waals surface area contributed by atoms with Crippen LogP contribution in [0.5, 0.6) is 5.75 Å². The van der Waals surface area contributed by atoms with E-state index in [0.29, 0.717) is 24.1 Å². The van der Waals surface area contributed by atoms with E-state index in [1.807, 2.05) is 6.92 Å². The lowest BCUT2D eigenvalue weighted by Crippen LogP contribution is -2.47. The summed E-state index contributed by atoms with van der Waals surface area (Å²) in [6.45, 7) is 5.68. The number of carbonyl (C=O) groups is 1. The minimum Gasteiger partial charge on any atom is -0.508 e. The molecule has 0 bridgehead atoms. The number of nitrogens with one attached hydrogen (secondary N) is 2. The largest absolute Gasteiger partial charge is 0.508 e. The fourth-order valence-corrected chi connectivity index (χ4v) is 2.44. The van der Waals surface area contributed by atoms with Crippen molar-refractivity contribution >= 4 is 5.91 Å². The monoisotopic (exact) mass is 262 g/mol. The standard InChI is InChI=1S/C15H22N2O2/c1-10-4-3-7-16-13(10)9-17-15(19)12-6-5-11(2)14(18)8-12/h5-6,8,10,13,16,18H,3-4,7,9H2,1-2H3,(H,17,19). The molecule has 0 saturated carbocycles. The van der Waals surface area contributed by atoms with Crippen LogP contribution in [0.1, 0.15) is 35.7 Å². The van der Waals surface area contributed by atoms with Crippen molar-refractivity contribution < 1.29 is 9.90 Å². The highest BCUT2D eigenvalue weighted by atomic mass is 16.3. The molecule has 104 valence electrons. The Labute approximate surface area is 114 Å². The van der Waals surface area contributed by atoms with Gasteiger partial charge >= 0.3 is 0 Å². The molecule has 0 radical (unpaired) electrons. The predicted octanol–water partition coefficient (Wildman–Crippen LogP) is 1.82. The molecule has 19 heavy (non-hydrogen) atoms. The Morgan fingerprint density at radius 3 is 3.00 bits per heavy atom. The second kappa shape index (κ2) is 6.06. The van der Waals surface area contributed by atoms with Gasteiger partial charge in [0, 0.05) is 18.2 Å². The number of amides is 1. The quantitative estimate of drug-likeness (QED) is 0.778. The highest BCUT2D eigenvalue weighted by molar-refractivity contribution is 5.94. The van der Waals surface area contributed by atoms with Crippen molar-refractivity contribution in [3.63, 3.8) is 0 Å². The maximum atomic E-state index is 12.0. The first-order chi connectivity index (χ1) is 9.08. The van der Waals surface area contributed by atoms with Crippen molar-refractivity contribution in [2.45, 2.75) is 32.7 Å². The molecule has 1 aromatic rings. The summed E-state index contributed by atoms with van der Waals surface area (Å²) < 4.78 is 0. The SMILES string of the molecule is Cc1ccc(C(=O)NCC2NCCCC2C)cc1O. The molecule has 1 aliphatic rings. The molecule has 0 aliphatic carbocycles. The van der Waals surface area contributed by atoms with Crippen molar-refractivity contribution in [3.8, 4) is 5.75 Å². The predicted molar refractivity (Wildman–Crippen MR) is 75.4 cm³/mol. The van der Waals surface area contributed by atoms with E-state index in [-0.39, 0.29) is 11.7 Å². The smallest absolute Gasteiger partial charge is 0.251 e. The fraction of sp³-hybridized carbons (Fsp3) is 0.533. The van der Waals surface area contributed by atoms with Crippen molar-refractivity contribution in [2.75, 3.05) is 13.1 Å². The summed E-state index contributed by atoms with van der Waals surface area (Å²) in [5, 5.41) is 16.0. The minimum absolute atomic E-state index is 0.130. The zero-order valence-electron chi connectivity index (χ0n) is 11.6. The number of phenolic OH excluding ortho intramolecular Hbond substituents is 1. The van der Waals surface area contributed by atoms with Crippen molar-refractivity contribution in [2.24, 2.45) is 5.92 Å². The Bertz CT molecular complexity index is 459. The number of rotatable bonds is 3. The summed E-state index contributed by atoms with van der Waals surface area (Å²) in [4.78, 5) is 12.0. The lowest BCUT2D eigenvalue weighted by molar-refractivity contribution is 0.0943. The van der Waals surface area contributed by atoms with Gasteiger partial charge in [-0.15, -0.1) is 0 Å². The highest BCUT2D eigenvalue weighted by Crippen LogP contribution is 2.18. The summed E-state index contributed by atoms with van der Waals surface area (Å²) in [6, 6.07) is 5.35. The number of piperidine rings is 1. The maximum absolute atomic E-state index is 12.0. The van der Waals surface area contributed by atoms with Gasteiger partial charge in [-0.25, -0.2) is 0 Å². The second-order valence-electron chi connectivity index (χ2n) is 5.39. The number of hydrogen-bond donors (Lipinski definition) is 3. The van der Waals surface area contributed by atoms with Gasteiger partial charge < -0.3 is 15.7 Å². The van der Waals surface area contributed by atoms with Gasteiger partial charge in [-0.05, 0) is 49.9 Å². The zero-order valence-corrected chi connectivity index (χ0v) is 11.6. The van der Waals surface area contributed by atoms with Gasteiger partial charge in [-0.2, -0.15) is 0 Å². The Balaban J connectivity index is 1.91. The first kappa shape index (κ1) is 13.9. The van der Waals surface area contributed by atoms with Gasteiger partial charge in [-0.1, -0.05) is 13.0 Å². The summed E-state index contributed by atoms with van der Waals surface area (Å²) in [7, 11) is 0. The van der Waals surface area contributed by atoms with Crippen molar-refractivity contribution in [1.82, 2.24) is 10.6 Å². The molecule has 1 aliphatic heterocycles. The average Bonchev–Trinajstić information content (AvgIpc) is 2.40. The molecule has 0 spiro atoms. The van der Waals surface area contributed by atoms with E-state index in [1.54, 1.807) is 12.1 Å². The number of aryl methyl sites for hydroxylation is 1. The van der Waals surface area contributed by atoms with E-state index in [4.69, 9.17) is 0 Å². The Morgan fingerprint density at radius 1 is 1.53 bits per heavy atom. The molecule has 1 heterocycles. The van der Waals surface area contributed by atoms with E-state index < -0.39 is 0 Å². The Kier molecular flexibility index (Phi) is 4.43. The number of hydrogen-bond acceptors (Lipinski definition) is 3. The molecule has 1 fully saturated rings. The molecule has 1 aromatic carbocycles. The van der Waals surface area contributed by atoms with E-state index in [0.717, 1.165) is 12.1 Å². The molecule has 3 N–H and O–H groups in total. The maximum Gasteiger partial charge on any atom is 0.251 e. The van der Waals surface area contributed by atoms with E-state index in [2.05, 4.69) is 17.6 Å². The molecule has 2 unspecified atom stereocenters. The van der Waals surface area contributed by atoms with Crippen LogP contribution in [0, 0.1) is 12.8 Å². The van der Waals surface area contributed by atoms with Gasteiger partial charge in [-0.3, -0.25) is 4.79 Å². The lowest BCUT2D eigenvalue weighted by Gasteiger charge is -2.30. The summed E-state index contributed by atoms with van der Waals surface area (Å²) in [6.07, 6.45) is 2.41. The van der Waals surface area contributed by atoms with Gasteiger partial charge in [0.05, 0.1) is 0 Å². The van der Waals surface area contributed by atoms with Crippen molar-refractivity contribution in [3.05, 3.63) is 29.3 Å². The number of phenols is 1. The van der Waals surface area contributed by atoms with Gasteiger partial charge in [0.15, 0.2) is 0 Å². The summed E-state index contributed by atoms with van der Waals surface area (Å²) in [5.41, 5.74) is 1.28. The molecular formula is C15H22N2O2. The normalized spacial score (nSPS) is 23.1. The van der Waals surface area contributed by atoms with Crippen LogP contribution < -0.4 is 10.6 Å². The van der Waals surface area contributed by atoms with Gasteiger partial charge in [0.25, 0.3) is 5.91 Å². The molecule has 1 amide bonds.